The molecule has 0 saturated carbocycles. The fourth-order valence-corrected chi connectivity index (χ4v) is 1.73. The predicted molar refractivity (Wildman–Crippen MR) is 55.4 cm³/mol. The maximum absolute atomic E-state index is 9.28. The van der Waals surface area contributed by atoms with E-state index >= 15 is 0 Å². The van der Waals surface area contributed by atoms with Gasteiger partial charge in [-0.2, -0.15) is 0 Å². The number of hydroxylamine groups is 4. The minimum Gasteiger partial charge on any atom is -0.381 e. The van der Waals surface area contributed by atoms with Gasteiger partial charge in [0.2, 0.25) is 0 Å². The average molecular weight is 236 g/mol. The molecule has 0 bridgehead atoms. The summed E-state index contributed by atoms with van der Waals surface area (Å²) < 4.78 is 0. The fourth-order valence-electron chi connectivity index (χ4n) is 1.73. The molecule has 0 aliphatic carbocycles. The van der Waals surface area contributed by atoms with Crippen molar-refractivity contribution in [3.05, 3.63) is 0 Å². The van der Waals surface area contributed by atoms with E-state index in [2.05, 4.69) is 5.32 Å². The zero-order valence-corrected chi connectivity index (χ0v) is 9.70. The van der Waals surface area contributed by atoms with Crippen LogP contribution in [0, 0.1) is 0 Å². The number of hydrogen-bond donors (Lipinski definition) is 4. The second-order valence-electron chi connectivity index (χ2n) is 3.23. The number of nitrogens with two attached hydrogens (primary N) is 2. The summed E-state index contributed by atoms with van der Waals surface area (Å²) in [5.74, 6) is 0. The molecule has 1 fully saturated rings. The highest BCUT2D eigenvalue weighted by Crippen LogP contribution is 2.19. The van der Waals surface area contributed by atoms with E-state index in [0.29, 0.717) is 0 Å². The van der Waals surface area contributed by atoms with Crippen molar-refractivity contribution in [1.82, 2.24) is 20.3 Å². The number of rotatable bonds is 4. The Morgan fingerprint density at radius 1 is 1.19 bits per heavy atom. The van der Waals surface area contributed by atoms with E-state index in [0.717, 1.165) is 0 Å². The molecule has 1 heterocycles. The number of aliphatic hydroxyl groups is 1. The van der Waals surface area contributed by atoms with E-state index in [1.54, 1.807) is 7.05 Å². The van der Waals surface area contributed by atoms with Gasteiger partial charge >= 0.3 is 0 Å². The van der Waals surface area contributed by atoms with Crippen LogP contribution in [-0.4, -0.2) is 67.0 Å². The molecule has 96 valence electrons. The lowest BCUT2D eigenvalue weighted by atomic mass is 10.4. The SMILES string of the molecule is CNC1N(CO)C(N)N(OC)C(N)N1OC. The van der Waals surface area contributed by atoms with Gasteiger partial charge in [-0.3, -0.25) is 20.7 Å². The van der Waals surface area contributed by atoms with Gasteiger partial charge in [-0.15, -0.1) is 10.1 Å². The maximum Gasteiger partial charge on any atom is 0.166 e. The number of nitrogens with one attached hydrogen (secondary N) is 1. The summed E-state index contributed by atoms with van der Waals surface area (Å²) in [7, 11) is 4.63. The topological polar surface area (TPSA) is 112 Å². The third-order valence-electron chi connectivity index (χ3n) is 2.52. The molecule has 6 N–H and O–H groups in total. The summed E-state index contributed by atoms with van der Waals surface area (Å²) in [4.78, 5) is 11.7. The highest BCUT2D eigenvalue weighted by atomic mass is 16.7. The Bertz CT molecular complexity index is 202. The van der Waals surface area contributed by atoms with Gasteiger partial charge in [-0.1, -0.05) is 0 Å². The molecule has 1 rings (SSSR count). The summed E-state index contributed by atoms with van der Waals surface area (Å²) in [6.45, 7) is -0.265. The molecular weight excluding hydrogens is 216 g/mol. The summed E-state index contributed by atoms with van der Waals surface area (Å²) in [5, 5.41) is 14.9. The van der Waals surface area contributed by atoms with Crippen LogP contribution in [0.5, 0.6) is 0 Å². The van der Waals surface area contributed by atoms with Gasteiger partial charge in [0.15, 0.2) is 6.29 Å². The van der Waals surface area contributed by atoms with Gasteiger partial charge in [0, 0.05) is 0 Å². The van der Waals surface area contributed by atoms with Crippen LogP contribution in [0.2, 0.25) is 0 Å². The Balaban J connectivity index is 2.93. The zero-order valence-electron chi connectivity index (χ0n) is 9.70. The first-order valence-electron chi connectivity index (χ1n) is 4.82. The third kappa shape index (κ3) is 2.18. The molecule has 1 aliphatic heterocycles. The average Bonchev–Trinajstić information content (AvgIpc) is 2.29. The summed E-state index contributed by atoms with van der Waals surface area (Å²) in [6, 6.07) is 0. The lowest BCUT2D eigenvalue weighted by Crippen LogP contribution is -2.77. The molecule has 3 atom stereocenters. The molecule has 0 radical (unpaired) electrons. The molecular formula is C7H20N6O3. The van der Waals surface area contributed by atoms with Gasteiger partial charge in [0.25, 0.3) is 0 Å². The van der Waals surface area contributed by atoms with Crippen molar-refractivity contribution < 1.29 is 14.8 Å². The Morgan fingerprint density at radius 2 is 1.75 bits per heavy atom. The second-order valence-corrected chi connectivity index (χ2v) is 3.23. The van der Waals surface area contributed by atoms with Crippen molar-refractivity contribution in [3.8, 4) is 0 Å². The van der Waals surface area contributed by atoms with Crippen LogP contribution in [0.15, 0.2) is 0 Å². The zero-order chi connectivity index (χ0) is 12.3. The molecule has 1 saturated heterocycles. The van der Waals surface area contributed by atoms with Crippen molar-refractivity contribution in [1.29, 1.82) is 0 Å². The van der Waals surface area contributed by atoms with Crippen LogP contribution >= 0.6 is 0 Å². The van der Waals surface area contributed by atoms with Crippen molar-refractivity contribution in [2.75, 3.05) is 28.0 Å². The quantitative estimate of drug-likeness (QED) is 0.405. The first-order chi connectivity index (χ1) is 7.62. The molecule has 9 heteroatoms. The smallest absolute Gasteiger partial charge is 0.166 e. The largest absolute Gasteiger partial charge is 0.381 e. The van der Waals surface area contributed by atoms with E-state index in [4.69, 9.17) is 21.1 Å². The minimum absolute atomic E-state index is 0.265. The summed E-state index contributed by atoms with van der Waals surface area (Å²) >= 11 is 0. The Morgan fingerprint density at radius 3 is 2.12 bits per heavy atom. The molecule has 0 spiro atoms. The van der Waals surface area contributed by atoms with Gasteiger partial charge in [-0.25, -0.2) is 4.90 Å². The number of hydrogen-bond acceptors (Lipinski definition) is 9. The summed E-state index contributed by atoms with van der Waals surface area (Å²) in [5.41, 5.74) is 11.8. The van der Waals surface area contributed by atoms with E-state index in [1.165, 1.54) is 29.2 Å². The van der Waals surface area contributed by atoms with Gasteiger partial charge in [-0.05, 0) is 7.05 Å². The molecule has 16 heavy (non-hydrogen) atoms. The molecule has 0 aromatic carbocycles. The number of nitrogens with zero attached hydrogens (tertiary/aromatic N) is 3. The first-order valence-corrected chi connectivity index (χ1v) is 4.82. The van der Waals surface area contributed by atoms with E-state index in [-0.39, 0.29) is 6.73 Å². The van der Waals surface area contributed by atoms with Crippen molar-refractivity contribution in [2.45, 2.75) is 18.9 Å². The lowest BCUT2D eigenvalue weighted by molar-refractivity contribution is -0.385. The van der Waals surface area contributed by atoms with Crippen LogP contribution in [0.4, 0.5) is 0 Å². The van der Waals surface area contributed by atoms with E-state index in [1.807, 2.05) is 0 Å². The molecule has 1 aliphatic rings. The fraction of sp³-hybridized carbons (Fsp3) is 1.00. The van der Waals surface area contributed by atoms with E-state index < -0.39 is 18.9 Å². The predicted octanol–water partition coefficient (Wildman–Crippen LogP) is -3.03. The summed E-state index contributed by atoms with van der Waals surface area (Å²) in [6.07, 6.45) is -1.79. The normalized spacial score (nSPS) is 34.5. The van der Waals surface area contributed by atoms with Crippen LogP contribution in [0.25, 0.3) is 0 Å². The number of aliphatic hydroxyl groups excluding tert-OH is 1. The van der Waals surface area contributed by atoms with Gasteiger partial charge < -0.3 is 10.8 Å². The minimum atomic E-state index is -0.676. The maximum atomic E-state index is 9.28. The molecule has 3 unspecified atom stereocenters. The van der Waals surface area contributed by atoms with Gasteiger partial charge in [0.1, 0.15) is 19.3 Å². The molecule has 9 nitrogen and oxygen atoms in total. The highest BCUT2D eigenvalue weighted by Gasteiger charge is 2.43. The van der Waals surface area contributed by atoms with Crippen molar-refractivity contribution >= 4 is 0 Å². The Kier molecular flexibility index (Phi) is 4.98. The van der Waals surface area contributed by atoms with Crippen LogP contribution in [-0.2, 0) is 9.68 Å². The van der Waals surface area contributed by atoms with Crippen LogP contribution in [0.3, 0.4) is 0 Å². The Labute approximate surface area is 94.4 Å². The standard InChI is InChI=1S/C7H20N6O3/c1-10-7-11(4-14)5(8)12(15-2)6(9)13(7)16-3/h5-7,10,14H,4,8-9H2,1-3H3. The Hall–Kier alpha value is -0.360. The molecule has 0 amide bonds. The highest BCUT2D eigenvalue weighted by molar-refractivity contribution is 4.76. The molecule has 0 aromatic rings. The monoisotopic (exact) mass is 236 g/mol. The molecule has 0 aromatic heterocycles. The van der Waals surface area contributed by atoms with Crippen molar-refractivity contribution in [3.63, 3.8) is 0 Å². The van der Waals surface area contributed by atoms with Gasteiger partial charge in [0.05, 0.1) is 14.2 Å². The van der Waals surface area contributed by atoms with Crippen LogP contribution in [0.1, 0.15) is 0 Å². The van der Waals surface area contributed by atoms with Crippen LogP contribution < -0.4 is 16.8 Å². The van der Waals surface area contributed by atoms with Crippen molar-refractivity contribution in [2.24, 2.45) is 11.5 Å². The van der Waals surface area contributed by atoms with E-state index in [9.17, 15) is 5.11 Å². The second kappa shape index (κ2) is 5.82. The lowest BCUT2D eigenvalue weighted by Gasteiger charge is -2.51. The first kappa shape index (κ1) is 13.7. The third-order valence-corrected chi connectivity index (χ3v) is 2.52.